The summed E-state index contributed by atoms with van der Waals surface area (Å²) in [5.41, 5.74) is 7.92. The molecule has 15 heavy (non-hydrogen) atoms. The maximum absolute atomic E-state index is 10.6. The molecule has 0 aliphatic heterocycles. The Kier molecular flexibility index (Phi) is 3.86. The van der Waals surface area contributed by atoms with Gasteiger partial charge in [-0.2, -0.15) is 0 Å². The molecule has 0 saturated carbocycles. The van der Waals surface area contributed by atoms with E-state index in [0.717, 1.165) is 11.1 Å². The number of nitrogens with two attached hydrogens (primary N) is 1. The summed E-state index contributed by atoms with van der Waals surface area (Å²) in [5, 5.41) is 8.69. The summed E-state index contributed by atoms with van der Waals surface area (Å²) < 4.78 is 0. The maximum atomic E-state index is 10.6. The van der Waals surface area contributed by atoms with Crippen molar-refractivity contribution in [3.05, 3.63) is 35.4 Å². The van der Waals surface area contributed by atoms with Crippen LogP contribution in [0.2, 0.25) is 0 Å². The molecule has 0 aromatic heterocycles. The van der Waals surface area contributed by atoms with Crippen LogP contribution in [-0.4, -0.2) is 11.1 Å². The van der Waals surface area contributed by atoms with Crippen molar-refractivity contribution in [2.24, 2.45) is 5.73 Å². The van der Waals surface area contributed by atoms with Gasteiger partial charge >= 0.3 is 5.97 Å². The van der Waals surface area contributed by atoms with E-state index in [1.54, 1.807) is 0 Å². The van der Waals surface area contributed by atoms with Gasteiger partial charge in [0.05, 0.1) is 6.42 Å². The van der Waals surface area contributed by atoms with Gasteiger partial charge in [-0.3, -0.25) is 4.79 Å². The third-order valence-electron chi connectivity index (χ3n) is 2.41. The van der Waals surface area contributed by atoms with Crippen LogP contribution in [0.5, 0.6) is 0 Å². The van der Waals surface area contributed by atoms with Gasteiger partial charge in [0.2, 0.25) is 0 Å². The van der Waals surface area contributed by atoms with Gasteiger partial charge in [0.1, 0.15) is 0 Å². The number of benzene rings is 1. The molecule has 1 aromatic carbocycles. The minimum atomic E-state index is -0.860. The molecule has 3 N–H and O–H groups in total. The van der Waals surface area contributed by atoms with Gasteiger partial charge in [-0.05, 0) is 17.0 Å². The number of carbonyl (C=O) groups is 1. The van der Waals surface area contributed by atoms with Crippen molar-refractivity contribution < 1.29 is 9.90 Å². The maximum Gasteiger partial charge on any atom is 0.305 e. The van der Waals surface area contributed by atoms with Crippen LogP contribution in [0.4, 0.5) is 0 Å². The fourth-order valence-corrected chi connectivity index (χ4v) is 1.67. The lowest BCUT2D eigenvalue weighted by Crippen LogP contribution is -2.17. The van der Waals surface area contributed by atoms with Crippen LogP contribution >= 0.6 is 0 Å². The highest BCUT2D eigenvalue weighted by Gasteiger charge is 2.15. The molecule has 0 aliphatic carbocycles. The molecule has 0 unspecified atom stereocenters. The van der Waals surface area contributed by atoms with Gasteiger partial charge in [0.15, 0.2) is 0 Å². The van der Waals surface area contributed by atoms with Crippen LogP contribution < -0.4 is 5.73 Å². The van der Waals surface area contributed by atoms with Gasteiger partial charge in [0, 0.05) is 6.04 Å². The van der Waals surface area contributed by atoms with Crippen molar-refractivity contribution in [2.75, 3.05) is 0 Å². The van der Waals surface area contributed by atoms with Crippen LogP contribution in [0.15, 0.2) is 24.3 Å². The molecule has 3 heteroatoms. The highest BCUT2D eigenvalue weighted by molar-refractivity contribution is 5.68. The molecule has 1 atom stereocenters. The third kappa shape index (κ3) is 3.06. The predicted octanol–water partition coefficient (Wildman–Crippen LogP) is 2.28. The van der Waals surface area contributed by atoms with E-state index < -0.39 is 12.0 Å². The zero-order valence-corrected chi connectivity index (χ0v) is 9.10. The lowest BCUT2D eigenvalue weighted by atomic mass is 9.92. The normalized spacial score (nSPS) is 12.8. The van der Waals surface area contributed by atoms with Crippen molar-refractivity contribution in [1.82, 2.24) is 0 Å². The second kappa shape index (κ2) is 4.94. The van der Waals surface area contributed by atoms with Crippen LogP contribution in [0.1, 0.15) is 43.4 Å². The van der Waals surface area contributed by atoms with E-state index in [1.807, 2.05) is 24.3 Å². The molecule has 82 valence electrons. The highest BCUT2D eigenvalue weighted by Crippen LogP contribution is 2.25. The Morgan fingerprint density at radius 3 is 2.33 bits per heavy atom. The number of aliphatic carboxylic acids is 1. The number of carboxylic acids is 1. The van der Waals surface area contributed by atoms with Crippen LogP contribution in [0.25, 0.3) is 0 Å². The zero-order chi connectivity index (χ0) is 11.4. The summed E-state index contributed by atoms with van der Waals surface area (Å²) in [7, 11) is 0. The monoisotopic (exact) mass is 207 g/mol. The summed E-state index contributed by atoms with van der Waals surface area (Å²) in [5.74, 6) is -0.498. The van der Waals surface area contributed by atoms with Crippen LogP contribution in [0, 0.1) is 0 Å². The van der Waals surface area contributed by atoms with Gasteiger partial charge in [0.25, 0.3) is 0 Å². The summed E-state index contributed by atoms with van der Waals surface area (Å²) in [6, 6.07) is 7.33. The second-order valence-corrected chi connectivity index (χ2v) is 3.99. The molecule has 0 bridgehead atoms. The molecule has 0 saturated heterocycles. The molecule has 0 amide bonds. The average molecular weight is 207 g/mol. The van der Waals surface area contributed by atoms with E-state index in [1.165, 1.54) is 0 Å². The number of carboxylic acid groups (broad SMARTS) is 1. The van der Waals surface area contributed by atoms with Gasteiger partial charge in [-0.15, -0.1) is 0 Å². The Hall–Kier alpha value is -1.35. The van der Waals surface area contributed by atoms with E-state index in [4.69, 9.17) is 10.8 Å². The molecule has 0 fully saturated rings. The average Bonchev–Trinajstić information content (AvgIpc) is 2.16. The fraction of sp³-hybridized carbons (Fsp3) is 0.417. The standard InChI is InChI=1S/C12H17NO2/c1-8(2)9-5-3-4-6-10(9)11(13)7-12(14)15/h3-6,8,11H,7,13H2,1-2H3,(H,14,15)/t11-/m1/s1. The number of hydrogen-bond acceptors (Lipinski definition) is 2. The van der Waals surface area contributed by atoms with E-state index >= 15 is 0 Å². The first-order valence-corrected chi connectivity index (χ1v) is 5.08. The fourth-order valence-electron chi connectivity index (χ4n) is 1.67. The van der Waals surface area contributed by atoms with Crippen molar-refractivity contribution in [1.29, 1.82) is 0 Å². The molecule has 0 aliphatic rings. The largest absolute Gasteiger partial charge is 0.481 e. The quantitative estimate of drug-likeness (QED) is 0.796. The minimum absolute atomic E-state index is 0.0241. The molecule has 3 nitrogen and oxygen atoms in total. The van der Waals surface area contributed by atoms with E-state index in [-0.39, 0.29) is 6.42 Å². The molecule has 1 aromatic rings. The van der Waals surface area contributed by atoms with Crippen LogP contribution in [0.3, 0.4) is 0 Å². The SMILES string of the molecule is CC(C)c1ccccc1[C@H](N)CC(=O)O. The number of hydrogen-bond donors (Lipinski definition) is 2. The predicted molar refractivity (Wildman–Crippen MR) is 59.7 cm³/mol. The Labute approximate surface area is 89.9 Å². The van der Waals surface area contributed by atoms with Gasteiger partial charge < -0.3 is 10.8 Å². The highest BCUT2D eigenvalue weighted by atomic mass is 16.4. The van der Waals surface area contributed by atoms with Crippen molar-refractivity contribution in [3.63, 3.8) is 0 Å². The molecule has 0 spiro atoms. The van der Waals surface area contributed by atoms with E-state index in [0.29, 0.717) is 5.92 Å². The lowest BCUT2D eigenvalue weighted by molar-refractivity contribution is -0.137. The third-order valence-corrected chi connectivity index (χ3v) is 2.41. The van der Waals surface area contributed by atoms with Crippen LogP contribution in [-0.2, 0) is 4.79 Å². The lowest BCUT2D eigenvalue weighted by Gasteiger charge is -2.17. The first-order chi connectivity index (χ1) is 7.02. The minimum Gasteiger partial charge on any atom is -0.481 e. The smallest absolute Gasteiger partial charge is 0.305 e. The molecule has 1 rings (SSSR count). The number of rotatable bonds is 4. The Balaban J connectivity index is 2.97. The van der Waals surface area contributed by atoms with Crippen molar-refractivity contribution in [3.8, 4) is 0 Å². The summed E-state index contributed by atoms with van der Waals surface area (Å²) >= 11 is 0. The second-order valence-electron chi connectivity index (χ2n) is 3.99. The Morgan fingerprint density at radius 2 is 1.87 bits per heavy atom. The van der Waals surface area contributed by atoms with E-state index in [2.05, 4.69) is 13.8 Å². The topological polar surface area (TPSA) is 63.3 Å². The van der Waals surface area contributed by atoms with Crippen molar-refractivity contribution in [2.45, 2.75) is 32.2 Å². The summed E-state index contributed by atoms with van der Waals surface area (Å²) in [6.45, 7) is 4.15. The molecule has 0 radical (unpaired) electrons. The Bertz CT molecular complexity index is 347. The summed E-state index contributed by atoms with van der Waals surface area (Å²) in [6.07, 6.45) is -0.0241. The van der Waals surface area contributed by atoms with Crippen molar-refractivity contribution >= 4 is 5.97 Å². The molecule has 0 heterocycles. The first-order valence-electron chi connectivity index (χ1n) is 5.08. The van der Waals surface area contributed by atoms with E-state index in [9.17, 15) is 4.79 Å². The first kappa shape index (κ1) is 11.7. The zero-order valence-electron chi connectivity index (χ0n) is 9.10. The van der Waals surface area contributed by atoms with Gasteiger partial charge in [-0.25, -0.2) is 0 Å². The summed E-state index contributed by atoms with van der Waals surface area (Å²) in [4.78, 5) is 10.6. The van der Waals surface area contributed by atoms with Gasteiger partial charge in [-0.1, -0.05) is 38.1 Å². The molecular formula is C12H17NO2. The molecular weight excluding hydrogens is 190 g/mol. The Morgan fingerprint density at radius 1 is 1.33 bits per heavy atom.